The second kappa shape index (κ2) is 8.13. The first-order chi connectivity index (χ1) is 8.88. The second-order valence-electron chi connectivity index (χ2n) is 5.92. The molecular weight excluding hydrogens is 224 g/mol. The van der Waals surface area contributed by atoms with Crippen molar-refractivity contribution in [3.05, 3.63) is 0 Å². The molecule has 3 heteroatoms. The molecule has 2 saturated heterocycles. The molecule has 1 unspecified atom stereocenters. The van der Waals surface area contributed by atoms with Crippen LogP contribution in [0.5, 0.6) is 0 Å². The van der Waals surface area contributed by atoms with Crippen molar-refractivity contribution >= 4 is 0 Å². The molecule has 2 fully saturated rings. The van der Waals surface area contributed by atoms with Crippen molar-refractivity contribution in [2.75, 3.05) is 39.3 Å². The van der Waals surface area contributed by atoms with E-state index in [1.54, 1.807) is 0 Å². The number of ether oxygens (including phenoxy) is 1. The quantitative estimate of drug-likeness (QED) is 0.814. The Morgan fingerprint density at radius 3 is 2.72 bits per heavy atom. The first-order valence-electron chi connectivity index (χ1n) is 7.93. The molecule has 3 nitrogen and oxygen atoms in total. The molecule has 2 aliphatic heterocycles. The molecule has 2 heterocycles. The minimum Gasteiger partial charge on any atom is -0.378 e. The molecule has 0 amide bonds. The van der Waals surface area contributed by atoms with E-state index in [2.05, 4.69) is 17.1 Å². The highest BCUT2D eigenvalue weighted by atomic mass is 16.5. The Balaban J connectivity index is 1.67. The Bertz CT molecular complexity index is 217. The van der Waals surface area contributed by atoms with Gasteiger partial charge in [-0.1, -0.05) is 6.92 Å². The molecule has 0 aromatic carbocycles. The average molecular weight is 254 g/mol. The molecule has 0 spiro atoms. The lowest BCUT2D eigenvalue weighted by Gasteiger charge is -2.29. The van der Waals surface area contributed by atoms with Gasteiger partial charge in [0.05, 0.1) is 6.10 Å². The van der Waals surface area contributed by atoms with Crippen LogP contribution in [0, 0.1) is 5.92 Å². The molecule has 2 aliphatic rings. The molecule has 0 saturated carbocycles. The third-order valence-corrected chi connectivity index (χ3v) is 4.30. The van der Waals surface area contributed by atoms with E-state index >= 15 is 0 Å². The van der Waals surface area contributed by atoms with Crippen molar-refractivity contribution in [2.45, 2.75) is 51.6 Å². The van der Waals surface area contributed by atoms with E-state index < -0.39 is 0 Å². The monoisotopic (exact) mass is 254 g/mol. The van der Waals surface area contributed by atoms with Gasteiger partial charge in [0.1, 0.15) is 0 Å². The van der Waals surface area contributed by atoms with Gasteiger partial charge < -0.3 is 15.0 Å². The van der Waals surface area contributed by atoms with Crippen LogP contribution in [0.25, 0.3) is 0 Å². The zero-order valence-corrected chi connectivity index (χ0v) is 12.0. The van der Waals surface area contributed by atoms with Crippen molar-refractivity contribution < 1.29 is 4.74 Å². The fourth-order valence-electron chi connectivity index (χ4n) is 3.19. The predicted molar refractivity (Wildman–Crippen MR) is 75.9 cm³/mol. The highest BCUT2D eigenvalue weighted by Crippen LogP contribution is 2.18. The number of hydrogen-bond acceptors (Lipinski definition) is 3. The summed E-state index contributed by atoms with van der Waals surface area (Å²) in [6, 6.07) is 0. The van der Waals surface area contributed by atoms with E-state index in [1.165, 1.54) is 64.8 Å². The zero-order valence-electron chi connectivity index (χ0n) is 12.0. The van der Waals surface area contributed by atoms with Crippen LogP contribution in [0.4, 0.5) is 0 Å². The second-order valence-corrected chi connectivity index (χ2v) is 5.92. The molecule has 18 heavy (non-hydrogen) atoms. The fourth-order valence-corrected chi connectivity index (χ4v) is 3.19. The van der Waals surface area contributed by atoms with Gasteiger partial charge in [-0.2, -0.15) is 0 Å². The molecule has 1 N–H and O–H groups in total. The number of likely N-dealkylation sites (tertiary alicyclic amines) is 1. The van der Waals surface area contributed by atoms with Crippen LogP contribution in [0.3, 0.4) is 0 Å². The molecule has 0 aliphatic carbocycles. The van der Waals surface area contributed by atoms with Gasteiger partial charge in [-0.25, -0.2) is 0 Å². The highest BCUT2D eigenvalue weighted by Gasteiger charge is 2.21. The molecule has 0 radical (unpaired) electrons. The minimum absolute atomic E-state index is 0.531. The van der Waals surface area contributed by atoms with Gasteiger partial charge in [-0.05, 0) is 64.1 Å². The summed E-state index contributed by atoms with van der Waals surface area (Å²) in [4.78, 5) is 2.69. The van der Waals surface area contributed by atoms with E-state index in [1.807, 2.05) is 0 Å². The SMILES string of the molecule is CCCOC1CCCN(CC2CCNCC2)CC1. The summed E-state index contributed by atoms with van der Waals surface area (Å²) in [6.45, 7) is 9.44. The highest BCUT2D eigenvalue weighted by molar-refractivity contribution is 4.76. The molecule has 0 aromatic rings. The third-order valence-electron chi connectivity index (χ3n) is 4.30. The summed E-state index contributed by atoms with van der Waals surface area (Å²) in [5.41, 5.74) is 0. The molecule has 0 bridgehead atoms. The maximum Gasteiger partial charge on any atom is 0.0587 e. The van der Waals surface area contributed by atoms with Crippen LogP contribution in [0.1, 0.15) is 45.4 Å². The smallest absolute Gasteiger partial charge is 0.0587 e. The van der Waals surface area contributed by atoms with Crippen molar-refractivity contribution in [2.24, 2.45) is 5.92 Å². The summed E-state index contributed by atoms with van der Waals surface area (Å²) >= 11 is 0. The van der Waals surface area contributed by atoms with Gasteiger partial charge in [0.15, 0.2) is 0 Å². The van der Waals surface area contributed by atoms with Crippen LogP contribution in [-0.4, -0.2) is 50.3 Å². The number of nitrogens with zero attached hydrogens (tertiary/aromatic N) is 1. The van der Waals surface area contributed by atoms with Crippen LogP contribution < -0.4 is 5.32 Å². The summed E-state index contributed by atoms with van der Waals surface area (Å²) in [6.07, 6.45) is 8.24. The van der Waals surface area contributed by atoms with Gasteiger partial charge in [0, 0.05) is 19.7 Å². The van der Waals surface area contributed by atoms with E-state index in [0.717, 1.165) is 18.9 Å². The summed E-state index contributed by atoms with van der Waals surface area (Å²) < 4.78 is 5.91. The molecule has 2 rings (SSSR count). The lowest BCUT2D eigenvalue weighted by atomic mass is 9.97. The Labute approximate surface area is 112 Å². The standard InChI is InChI=1S/C15H30N2O/c1-2-12-18-15-4-3-10-17(11-7-15)13-14-5-8-16-9-6-14/h14-16H,2-13H2,1H3. The number of nitrogens with one attached hydrogen (secondary N) is 1. The fraction of sp³-hybridized carbons (Fsp3) is 1.00. The topological polar surface area (TPSA) is 24.5 Å². The molecule has 106 valence electrons. The van der Waals surface area contributed by atoms with Crippen molar-refractivity contribution in [3.8, 4) is 0 Å². The average Bonchev–Trinajstić information content (AvgIpc) is 2.63. The maximum atomic E-state index is 5.91. The van der Waals surface area contributed by atoms with Crippen LogP contribution >= 0.6 is 0 Å². The predicted octanol–water partition coefficient (Wildman–Crippen LogP) is 2.27. The Hall–Kier alpha value is -0.120. The van der Waals surface area contributed by atoms with Crippen LogP contribution in [-0.2, 0) is 4.74 Å². The molecule has 0 aromatic heterocycles. The Morgan fingerprint density at radius 2 is 1.94 bits per heavy atom. The summed E-state index contributed by atoms with van der Waals surface area (Å²) in [5, 5.41) is 3.46. The number of piperidine rings is 1. The van der Waals surface area contributed by atoms with Gasteiger partial charge in [-0.3, -0.25) is 0 Å². The van der Waals surface area contributed by atoms with E-state index in [-0.39, 0.29) is 0 Å². The van der Waals surface area contributed by atoms with Crippen LogP contribution in [0.15, 0.2) is 0 Å². The van der Waals surface area contributed by atoms with Crippen molar-refractivity contribution in [1.82, 2.24) is 10.2 Å². The Kier molecular flexibility index (Phi) is 6.46. The van der Waals surface area contributed by atoms with Gasteiger partial charge in [-0.15, -0.1) is 0 Å². The summed E-state index contributed by atoms with van der Waals surface area (Å²) in [5.74, 6) is 0.930. The number of rotatable bonds is 5. The van der Waals surface area contributed by atoms with Crippen molar-refractivity contribution in [1.29, 1.82) is 0 Å². The van der Waals surface area contributed by atoms with Crippen molar-refractivity contribution in [3.63, 3.8) is 0 Å². The first kappa shape index (κ1) is 14.3. The largest absolute Gasteiger partial charge is 0.378 e. The van der Waals surface area contributed by atoms with Crippen LogP contribution in [0.2, 0.25) is 0 Å². The Morgan fingerprint density at radius 1 is 1.11 bits per heavy atom. The normalized spacial score (nSPS) is 28.2. The van der Waals surface area contributed by atoms with E-state index in [9.17, 15) is 0 Å². The van der Waals surface area contributed by atoms with Gasteiger partial charge in [0.2, 0.25) is 0 Å². The molecule has 1 atom stereocenters. The van der Waals surface area contributed by atoms with Gasteiger partial charge in [0.25, 0.3) is 0 Å². The lowest BCUT2D eigenvalue weighted by Crippen LogP contribution is -2.36. The maximum absolute atomic E-state index is 5.91. The minimum atomic E-state index is 0.531. The number of hydrogen-bond donors (Lipinski definition) is 1. The first-order valence-corrected chi connectivity index (χ1v) is 7.93. The zero-order chi connectivity index (χ0) is 12.6. The summed E-state index contributed by atoms with van der Waals surface area (Å²) in [7, 11) is 0. The van der Waals surface area contributed by atoms with E-state index in [0.29, 0.717) is 6.10 Å². The third kappa shape index (κ3) is 4.87. The van der Waals surface area contributed by atoms with Gasteiger partial charge >= 0.3 is 0 Å². The lowest BCUT2D eigenvalue weighted by molar-refractivity contribution is 0.0434. The van der Waals surface area contributed by atoms with E-state index in [4.69, 9.17) is 4.74 Å². The molecular formula is C15H30N2O.